The van der Waals surface area contributed by atoms with E-state index in [-0.39, 0.29) is 5.91 Å². The molecule has 0 saturated heterocycles. The minimum Gasteiger partial charge on any atom is -0.423 e. The van der Waals surface area contributed by atoms with Gasteiger partial charge < -0.3 is 10.1 Å². The van der Waals surface area contributed by atoms with Gasteiger partial charge in [0.05, 0.1) is 11.1 Å². The molecule has 1 aromatic heterocycles. The molecule has 1 heterocycles. The smallest absolute Gasteiger partial charge is 0.344 e. The number of hydrogen-bond donors (Lipinski definition) is 1. The van der Waals surface area contributed by atoms with Crippen molar-refractivity contribution in [1.29, 1.82) is 0 Å². The molecule has 5 nitrogen and oxygen atoms in total. The zero-order chi connectivity index (χ0) is 19.3. The Labute approximate surface area is 161 Å². The minimum atomic E-state index is -0.481. The molecule has 0 spiro atoms. The van der Waals surface area contributed by atoms with Crippen LogP contribution in [0.3, 0.4) is 0 Å². The number of hydrogen-bond acceptors (Lipinski definition) is 4. The number of nitrogens with zero attached hydrogens (tertiary/aromatic N) is 1. The standard InChI is InChI=1S/C23H16N2O3/c26-22(16-7-2-1-3-8-16)25-17-9-6-10-18(15-17)28-23(27)20-13-14-24-21-12-5-4-11-19(20)21/h1-15H,(H,25,26). The number of pyridine rings is 1. The molecule has 0 radical (unpaired) electrons. The molecule has 0 aliphatic heterocycles. The van der Waals surface area contributed by atoms with Gasteiger partial charge in [0, 0.05) is 28.9 Å². The summed E-state index contributed by atoms with van der Waals surface area (Å²) in [7, 11) is 0. The van der Waals surface area contributed by atoms with Crippen LogP contribution in [0.4, 0.5) is 5.69 Å². The maximum Gasteiger partial charge on any atom is 0.344 e. The predicted octanol–water partition coefficient (Wildman–Crippen LogP) is 4.71. The van der Waals surface area contributed by atoms with Crippen LogP contribution in [0.25, 0.3) is 10.9 Å². The Morgan fingerprint density at radius 2 is 1.61 bits per heavy atom. The van der Waals surface area contributed by atoms with Crippen molar-refractivity contribution in [2.24, 2.45) is 0 Å². The van der Waals surface area contributed by atoms with Gasteiger partial charge in [0.25, 0.3) is 5.91 Å². The third kappa shape index (κ3) is 3.73. The number of carbonyl (C=O) groups excluding carboxylic acids is 2. The molecule has 5 heteroatoms. The van der Waals surface area contributed by atoms with Crippen molar-refractivity contribution >= 4 is 28.5 Å². The molecule has 0 bridgehead atoms. The lowest BCUT2D eigenvalue weighted by atomic mass is 10.1. The summed E-state index contributed by atoms with van der Waals surface area (Å²) in [5.41, 5.74) is 2.25. The highest BCUT2D eigenvalue weighted by Crippen LogP contribution is 2.22. The van der Waals surface area contributed by atoms with E-state index in [1.54, 1.807) is 60.8 Å². The fraction of sp³-hybridized carbons (Fsp3) is 0. The van der Waals surface area contributed by atoms with Crippen LogP contribution >= 0.6 is 0 Å². The molecule has 1 N–H and O–H groups in total. The molecular formula is C23H16N2O3. The van der Waals surface area contributed by atoms with E-state index in [9.17, 15) is 9.59 Å². The Morgan fingerprint density at radius 3 is 2.46 bits per heavy atom. The van der Waals surface area contributed by atoms with Gasteiger partial charge in [-0.1, -0.05) is 42.5 Å². The molecule has 0 atom stereocenters. The topological polar surface area (TPSA) is 68.3 Å². The fourth-order valence-electron chi connectivity index (χ4n) is 2.87. The molecule has 1 amide bonds. The highest BCUT2D eigenvalue weighted by atomic mass is 16.5. The van der Waals surface area contributed by atoms with Crippen molar-refractivity contribution in [2.75, 3.05) is 5.32 Å². The highest BCUT2D eigenvalue weighted by Gasteiger charge is 2.13. The van der Waals surface area contributed by atoms with Gasteiger partial charge in [0.2, 0.25) is 0 Å². The van der Waals surface area contributed by atoms with Crippen molar-refractivity contribution in [3.63, 3.8) is 0 Å². The Morgan fingerprint density at radius 1 is 0.821 bits per heavy atom. The van der Waals surface area contributed by atoms with Gasteiger partial charge in [-0.15, -0.1) is 0 Å². The van der Waals surface area contributed by atoms with Crippen molar-refractivity contribution in [2.45, 2.75) is 0 Å². The summed E-state index contributed by atoms with van der Waals surface area (Å²) < 4.78 is 5.52. The van der Waals surface area contributed by atoms with Crippen molar-refractivity contribution in [1.82, 2.24) is 4.98 Å². The first kappa shape index (κ1) is 17.4. The van der Waals surface area contributed by atoms with Crippen LogP contribution in [0.2, 0.25) is 0 Å². The third-order valence-electron chi connectivity index (χ3n) is 4.21. The van der Waals surface area contributed by atoms with Gasteiger partial charge in [0.15, 0.2) is 0 Å². The van der Waals surface area contributed by atoms with E-state index < -0.39 is 5.97 Å². The Kier molecular flexibility index (Phi) is 4.80. The number of aromatic nitrogens is 1. The van der Waals surface area contributed by atoms with Gasteiger partial charge in [-0.3, -0.25) is 9.78 Å². The van der Waals surface area contributed by atoms with Gasteiger partial charge in [-0.2, -0.15) is 0 Å². The number of para-hydroxylation sites is 1. The second-order valence-electron chi connectivity index (χ2n) is 6.11. The number of esters is 1. The molecule has 0 saturated carbocycles. The largest absolute Gasteiger partial charge is 0.423 e. The van der Waals surface area contributed by atoms with E-state index in [1.165, 1.54) is 0 Å². The van der Waals surface area contributed by atoms with Gasteiger partial charge >= 0.3 is 5.97 Å². The third-order valence-corrected chi connectivity index (χ3v) is 4.21. The van der Waals surface area contributed by atoms with E-state index in [2.05, 4.69) is 10.3 Å². The number of benzene rings is 3. The molecule has 0 aliphatic rings. The number of ether oxygens (including phenoxy) is 1. The monoisotopic (exact) mass is 368 g/mol. The average molecular weight is 368 g/mol. The number of nitrogens with one attached hydrogen (secondary N) is 1. The lowest BCUT2D eigenvalue weighted by Gasteiger charge is -2.09. The molecule has 28 heavy (non-hydrogen) atoms. The number of anilines is 1. The first-order valence-electron chi connectivity index (χ1n) is 8.73. The maximum absolute atomic E-state index is 12.6. The van der Waals surface area contributed by atoms with Gasteiger partial charge in [-0.05, 0) is 36.4 Å². The second-order valence-corrected chi connectivity index (χ2v) is 6.11. The number of fused-ring (bicyclic) bond motifs is 1. The Hall–Kier alpha value is -3.99. The normalized spacial score (nSPS) is 10.4. The molecule has 3 aromatic carbocycles. The number of rotatable bonds is 4. The lowest BCUT2D eigenvalue weighted by molar-refractivity contribution is 0.0737. The zero-order valence-electron chi connectivity index (χ0n) is 14.8. The predicted molar refractivity (Wildman–Crippen MR) is 108 cm³/mol. The molecular weight excluding hydrogens is 352 g/mol. The molecule has 0 unspecified atom stereocenters. The average Bonchev–Trinajstić information content (AvgIpc) is 2.74. The minimum absolute atomic E-state index is 0.232. The second kappa shape index (κ2) is 7.72. The van der Waals surface area contributed by atoms with Crippen LogP contribution in [0, 0.1) is 0 Å². The summed E-state index contributed by atoms with van der Waals surface area (Å²) in [4.78, 5) is 29.2. The molecule has 4 aromatic rings. The molecule has 0 fully saturated rings. The van der Waals surface area contributed by atoms with E-state index in [0.29, 0.717) is 22.6 Å². The first-order chi connectivity index (χ1) is 13.7. The van der Waals surface area contributed by atoms with Crippen molar-refractivity contribution < 1.29 is 14.3 Å². The van der Waals surface area contributed by atoms with Crippen molar-refractivity contribution in [3.8, 4) is 5.75 Å². The summed E-state index contributed by atoms with van der Waals surface area (Å²) in [6, 6.07) is 24.6. The Balaban J connectivity index is 1.53. The van der Waals surface area contributed by atoms with Crippen LogP contribution in [-0.2, 0) is 0 Å². The van der Waals surface area contributed by atoms with Gasteiger partial charge in [-0.25, -0.2) is 4.79 Å². The van der Waals surface area contributed by atoms with Crippen LogP contribution in [0.15, 0.2) is 91.1 Å². The summed E-state index contributed by atoms with van der Waals surface area (Å²) in [5.74, 6) is -0.369. The molecule has 136 valence electrons. The zero-order valence-corrected chi connectivity index (χ0v) is 14.8. The Bertz CT molecular complexity index is 1150. The number of carbonyl (C=O) groups is 2. The SMILES string of the molecule is O=C(Nc1cccc(OC(=O)c2ccnc3ccccc23)c1)c1ccccc1. The van der Waals surface area contributed by atoms with Crippen LogP contribution < -0.4 is 10.1 Å². The number of amides is 1. The van der Waals surface area contributed by atoms with Crippen LogP contribution in [0.5, 0.6) is 5.75 Å². The fourth-order valence-corrected chi connectivity index (χ4v) is 2.87. The van der Waals surface area contributed by atoms with Crippen LogP contribution in [-0.4, -0.2) is 16.9 Å². The quantitative estimate of drug-likeness (QED) is 0.418. The van der Waals surface area contributed by atoms with E-state index in [0.717, 1.165) is 10.9 Å². The summed E-state index contributed by atoms with van der Waals surface area (Å²) in [5, 5.41) is 3.53. The molecule has 4 rings (SSSR count). The van der Waals surface area contributed by atoms with Gasteiger partial charge in [0.1, 0.15) is 5.75 Å². The maximum atomic E-state index is 12.6. The van der Waals surface area contributed by atoms with E-state index in [1.807, 2.05) is 30.3 Å². The lowest BCUT2D eigenvalue weighted by Crippen LogP contribution is -2.12. The van der Waals surface area contributed by atoms with Crippen molar-refractivity contribution in [3.05, 3.63) is 102 Å². The molecule has 0 aliphatic carbocycles. The summed E-state index contributed by atoms with van der Waals surface area (Å²) in [6.45, 7) is 0. The first-order valence-corrected chi connectivity index (χ1v) is 8.73. The van der Waals surface area contributed by atoms with Crippen LogP contribution in [0.1, 0.15) is 20.7 Å². The summed E-state index contributed by atoms with van der Waals surface area (Å²) >= 11 is 0. The summed E-state index contributed by atoms with van der Waals surface area (Å²) in [6.07, 6.45) is 1.58. The van der Waals surface area contributed by atoms with E-state index >= 15 is 0 Å². The highest BCUT2D eigenvalue weighted by molar-refractivity contribution is 6.05. The van der Waals surface area contributed by atoms with E-state index in [4.69, 9.17) is 4.74 Å².